The Labute approximate surface area is 168 Å². The Morgan fingerprint density at radius 3 is 2.41 bits per heavy atom. The second-order valence-corrected chi connectivity index (χ2v) is 6.94. The van der Waals surface area contributed by atoms with Gasteiger partial charge >= 0.3 is 0 Å². The lowest BCUT2D eigenvalue weighted by molar-refractivity contribution is -0.140. The Hall–Kier alpha value is -2.11. The highest BCUT2D eigenvalue weighted by Gasteiger charge is 2.27. The van der Waals surface area contributed by atoms with Gasteiger partial charge in [-0.1, -0.05) is 41.4 Å². The summed E-state index contributed by atoms with van der Waals surface area (Å²) < 4.78 is 14.1. The van der Waals surface area contributed by atoms with E-state index in [0.717, 1.165) is 5.56 Å². The van der Waals surface area contributed by atoms with Crippen LogP contribution in [0.3, 0.4) is 0 Å². The fourth-order valence-corrected chi connectivity index (χ4v) is 3.00. The maximum Gasteiger partial charge on any atom is 0.242 e. The van der Waals surface area contributed by atoms with E-state index in [1.165, 1.54) is 23.1 Å². The minimum absolute atomic E-state index is 0.119. The van der Waals surface area contributed by atoms with Gasteiger partial charge in [-0.25, -0.2) is 4.39 Å². The summed E-state index contributed by atoms with van der Waals surface area (Å²) in [4.78, 5) is 26.6. The number of nitrogens with one attached hydrogen (secondary N) is 1. The zero-order valence-corrected chi connectivity index (χ0v) is 16.6. The van der Waals surface area contributed by atoms with Gasteiger partial charge in [0, 0.05) is 28.7 Å². The maximum atomic E-state index is 14.1. The summed E-state index contributed by atoms with van der Waals surface area (Å²) in [5.74, 6) is -1.22. The van der Waals surface area contributed by atoms with Crippen molar-refractivity contribution < 1.29 is 14.0 Å². The molecule has 0 saturated heterocycles. The number of carbonyl (C=O) groups is 2. The standard InChI is InChI=1S/C20H21Cl2FN2O2/c1-3-24-20(27)13(2)25(12-14-7-9-15(21)10-8-14)19(26)11-16-17(22)5-4-6-18(16)23/h4-10,13H,3,11-12H2,1-2H3,(H,24,27)/t13-/m1/s1. The first-order valence-electron chi connectivity index (χ1n) is 8.58. The van der Waals surface area contributed by atoms with E-state index in [9.17, 15) is 14.0 Å². The zero-order valence-electron chi connectivity index (χ0n) is 15.1. The van der Waals surface area contributed by atoms with Crippen LogP contribution >= 0.6 is 23.2 Å². The van der Waals surface area contributed by atoms with E-state index in [-0.39, 0.29) is 29.5 Å². The molecule has 0 aliphatic carbocycles. The van der Waals surface area contributed by atoms with Crippen molar-refractivity contribution in [1.82, 2.24) is 10.2 Å². The highest BCUT2D eigenvalue weighted by Crippen LogP contribution is 2.21. The Kier molecular flexibility index (Phi) is 7.63. The summed E-state index contributed by atoms with van der Waals surface area (Å²) in [5, 5.41) is 3.46. The molecule has 1 N–H and O–H groups in total. The van der Waals surface area contributed by atoms with Crippen molar-refractivity contribution in [1.29, 1.82) is 0 Å². The van der Waals surface area contributed by atoms with Gasteiger partial charge in [0.25, 0.3) is 0 Å². The van der Waals surface area contributed by atoms with Crippen molar-refractivity contribution in [3.8, 4) is 0 Å². The zero-order chi connectivity index (χ0) is 20.0. The van der Waals surface area contributed by atoms with E-state index >= 15 is 0 Å². The smallest absolute Gasteiger partial charge is 0.242 e. The second-order valence-electron chi connectivity index (χ2n) is 6.10. The van der Waals surface area contributed by atoms with Gasteiger partial charge in [-0.3, -0.25) is 9.59 Å². The van der Waals surface area contributed by atoms with Crippen LogP contribution in [0.25, 0.3) is 0 Å². The van der Waals surface area contributed by atoms with Gasteiger partial charge in [-0.05, 0) is 43.7 Å². The first-order valence-corrected chi connectivity index (χ1v) is 9.33. The van der Waals surface area contributed by atoms with Crippen molar-refractivity contribution in [2.45, 2.75) is 32.9 Å². The van der Waals surface area contributed by atoms with Gasteiger partial charge < -0.3 is 10.2 Å². The monoisotopic (exact) mass is 410 g/mol. The topological polar surface area (TPSA) is 49.4 Å². The summed E-state index contributed by atoms with van der Waals surface area (Å²) in [6.07, 6.45) is -0.233. The van der Waals surface area contributed by atoms with Crippen molar-refractivity contribution in [3.63, 3.8) is 0 Å². The predicted molar refractivity (Wildman–Crippen MR) is 105 cm³/mol. The van der Waals surface area contributed by atoms with Gasteiger partial charge in [0.2, 0.25) is 11.8 Å². The number of hydrogen-bond donors (Lipinski definition) is 1. The van der Waals surface area contributed by atoms with E-state index in [2.05, 4.69) is 5.32 Å². The summed E-state index contributed by atoms with van der Waals surface area (Å²) in [6.45, 7) is 4.09. The SMILES string of the molecule is CCNC(=O)[C@@H](C)N(Cc1ccc(Cl)cc1)C(=O)Cc1c(F)cccc1Cl. The van der Waals surface area contributed by atoms with Crippen molar-refractivity contribution >= 4 is 35.0 Å². The van der Waals surface area contributed by atoms with Crippen molar-refractivity contribution in [3.05, 3.63) is 69.5 Å². The first kappa shape index (κ1) is 21.2. The molecular weight excluding hydrogens is 390 g/mol. The van der Waals surface area contributed by atoms with Crippen molar-refractivity contribution in [2.24, 2.45) is 0 Å². The molecule has 27 heavy (non-hydrogen) atoms. The van der Waals surface area contributed by atoms with Crippen LogP contribution in [0, 0.1) is 5.82 Å². The van der Waals surface area contributed by atoms with E-state index in [4.69, 9.17) is 23.2 Å². The van der Waals surface area contributed by atoms with Crippen LogP contribution in [-0.2, 0) is 22.6 Å². The lowest BCUT2D eigenvalue weighted by atomic mass is 10.1. The molecule has 7 heteroatoms. The summed E-state index contributed by atoms with van der Waals surface area (Å²) in [5.41, 5.74) is 0.928. The molecule has 144 valence electrons. The molecule has 0 aliphatic rings. The number of amides is 2. The Bertz CT molecular complexity index is 792. The summed E-state index contributed by atoms with van der Waals surface area (Å²) in [7, 11) is 0. The number of halogens is 3. The highest BCUT2D eigenvalue weighted by atomic mass is 35.5. The lowest BCUT2D eigenvalue weighted by Crippen LogP contribution is -2.48. The summed E-state index contributed by atoms with van der Waals surface area (Å²) in [6, 6.07) is 10.5. The number of nitrogens with zero attached hydrogens (tertiary/aromatic N) is 1. The van der Waals surface area contributed by atoms with E-state index in [0.29, 0.717) is 11.6 Å². The van der Waals surface area contributed by atoms with Crippen LogP contribution in [0.2, 0.25) is 10.0 Å². The molecule has 0 radical (unpaired) electrons. The number of carbonyl (C=O) groups excluding carboxylic acids is 2. The average Bonchev–Trinajstić information content (AvgIpc) is 2.64. The van der Waals surface area contributed by atoms with Crippen molar-refractivity contribution in [2.75, 3.05) is 6.54 Å². The van der Waals surface area contributed by atoms with Gasteiger partial charge in [-0.2, -0.15) is 0 Å². The molecule has 0 aromatic heterocycles. The first-order chi connectivity index (χ1) is 12.8. The molecule has 0 bridgehead atoms. The van der Waals surface area contributed by atoms with Crippen LogP contribution in [-0.4, -0.2) is 29.3 Å². The highest BCUT2D eigenvalue weighted by molar-refractivity contribution is 6.31. The molecule has 0 fully saturated rings. The fraction of sp³-hybridized carbons (Fsp3) is 0.300. The van der Waals surface area contributed by atoms with E-state index < -0.39 is 17.8 Å². The second kappa shape index (κ2) is 9.72. The largest absolute Gasteiger partial charge is 0.355 e. The van der Waals surface area contributed by atoms with Crippen LogP contribution in [0.5, 0.6) is 0 Å². The maximum absolute atomic E-state index is 14.1. The molecule has 1 atom stereocenters. The molecular formula is C20H21Cl2FN2O2. The van der Waals surface area contributed by atoms with Crippen LogP contribution < -0.4 is 5.32 Å². The molecule has 0 spiro atoms. The predicted octanol–water partition coefficient (Wildman–Crippen LogP) is 4.23. The summed E-state index contributed by atoms with van der Waals surface area (Å²) >= 11 is 11.9. The minimum atomic E-state index is -0.723. The third-order valence-electron chi connectivity index (χ3n) is 4.17. The lowest BCUT2D eigenvalue weighted by Gasteiger charge is -2.29. The molecule has 2 amide bonds. The minimum Gasteiger partial charge on any atom is -0.355 e. The number of benzene rings is 2. The normalized spacial score (nSPS) is 11.7. The van der Waals surface area contributed by atoms with Gasteiger partial charge in [0.05, 0.1) is 6.42 Å². The third-order valence-corrected chi connectivity index (χ3v) is 4.78. The Balaban J connectivity index is 2.28. The van der Waals surface area contributed by atoms with Gasteiger partial charge in [-0.15, -0.1) is 0 Å². The molecule has 2 rings (SSSR count). The molecule has 0 heterocycles. The van der Waals surface area contributed by atoms with Crippen LogP contribution in [0.15, 0.2) is 42.5 Å². The third kappa shape index (κ3) is 5.68. The number of hydrogen-bond acceptors (Lipinski definition) is 2. The molecule has 2 aromatic rings. The van der Waals surface area contributed by atoms with Crippen LogP contribution in [0.1, 0.15) is 25.0 Å². The Morgan fingerprint density at radius 2 is 1.81 bits per heavy atom. The molecule has 0 aliphatic heterocycles. The number of likely N-dealkylation sites (N-methyl/N-ethyl adjacent to an activating group) is 1. The molecule has 0 saturated carbocycles. The number of rotatable bonds is 7. The molecule has 4 nitrogen and oxygen atoms in total. The van der Waals surface area contributed by atoms with Gasteiger partial charge in [0.15, 0.2) is 0 Å². The molecule has 2 aromatic carbocycles. The fourth-order valence-electron chi connectivity index (χ4n) is 2.65. The molecule has 0 unspecified atom stereocenters. The van der Waals surface area contributed by atoms with Gasteiger partial charge in [0.1, 0.15) is 11.9 Å². The average molecular weight is 411 g/mol. The Morgan fingerprint density at radius 1 is 1.15 bits per heavy atom. The van der Waals surface area contributed by atoms with E-state index in [1.54, 1.807) is 38.1 Å². The van der Waals surface area contributed by atoms with E-state index in [1.807, 2.05) is 0 Å². The van der Waals surface area contributed by atoms with Crippen LogP contribution in [0.4, 0.5) is 4.39 Å². The quantitative estimate of drug-likeness (QED) is 0.742.